The Hall–Kier alpha value is -2.26. The predicted octanol–water partition coefficient (Wildman–Crippen LogP) is 1.04. The van der Waals surface area contributed by atoms with Gasteiger partial charge in [0.05, 0.1) is 18.0 Å². The number of aliphatic carboxylic acids is 1. The van der Waals surface area contributed by atoms with E-state index in [4.69, 9.17) is 14.4 Å². The molecule has 122 valence electrons. The summed E-state index contributed by atoms with van der Waals surface area (Å²) < 4.78 is 10.2. The highest BCUT2D eigenvalue weighted by molar-refractivity contribution is 7.13. The van der Waals surface area contributed by atoms with Crippen LogP contribution in [0.2, 0.25) is 0 Å². The van der Waals surface area contributed by atoms with Crippen LogP contribution >= 0.6 is 11.3 Å². The molecule has 2 aromatic rings. The van der Waals surface area contributed by atoms with Crippen LogP contribution in [-0.4, -0.2) is 57.8 Å². The number of aromatic nitrogens is 2. The third-order valence-electron chi connectivity index (χ3n) is 3.46. The number of hydrogen-bond donors (Lipinski definition) is 1. The van der Waals surface area contributed by atoms with Gasteiger partial charge in [-0.1, -0.05) is 11.2 Å². The number of ether oxygens (including phenoxy) is 1. The molecule has 2 aromatic heterocycles. The van der Waals surface area contributed by atoms with Crippen LogP contribution in [0.4, 0.5) is 0 Å². The number of carboxylic acids is 1. The zero-order valence-electron chi connectivity index (χ0n) is 12.2. The van der Waals surface area contributed by atoms with E-state index in [2.05, 4.69) is 10.1 Å². The number of hydrogen-bond acceptors (Lipinski definition) is 7. The van der Waals surface area contributed by atoms with Crippen molar-refractivity contribution in [3.05, 3.63) is 23.4 Å². The normalized spacial score (nSPS) is 18.1. The SMILES string of the molecule is O=C(O)[C@H]1CN(C(=O)CCc2nc(-c3cccs3)no2)CCO1. The summed E-state index contributed by atoms with van der Waals surface area (Å²) in [6, 6.07) is 3.79. The maximum absolute atomic E-state index is 12.2. The van der Waals surface area contributed by atoms with Gasteiger partial charge in [-0.15, -0.1) is 11.3 Å². The van der Waals surface area contributed by atoms with Crippen molar-refractivity contribution in [2.24, 2.45) is 0 Å². The van der Waals surface area contributed by atoms with Crippen molar-refractivity contribution in [3.8, 4) is 10.7 Å². The molecule has 1 N–H and O–H groups in total. The highest BCUT2D eigenvalue weighted by Crippen LogP contribution is 2.21. The maximum atomic E-state index is 12.2. The van der Waals surface area contributed by atoms with Crippen LogP contribution in [-0.2, 0) is 20.7 Å². The Morgan fingerprint density at radius 1 is 1.48 bits per heavy atom. The molecule has 0 aromatic carbocycles. The summed E-state index contributed by atoms with van der Waals surface area (Å²) in [5.74, 6) is -0.292. The first-order chi connectivity index (χ1) is 11.1. The average Bonchev–Trinajstić information content (AvgIpc) is 3.23. The molecule has 0 spiro atoms. The topological polar surface area (TPSA) is 106 Å². The summed E-state index contributed by atoms with van der Waals surface area (Å²) >= 11 is 1.51. The molecule has 1 atom stereocenters. The number of rotatable bonds is 5. The molecular formula is C14H15N3O5S. The molecule has 1 aliphatic heterocycles. The van der Waals surface area contributed by atoms with Crippen LogP contribution in [0.15, 0.2) is 22.0 Å². The fourth-order valence-corrected chi connectivity index (χ4v) is 2.91. The minimum absolute atomic E-state index is 0.0679. The van der Waals surface area contributed by atoms with Crippen molar-refractivity contribution >= 4 is 23.2 Å². The Labute approximate surface area is 135 Å². The van der Waals surface area contributed by atoms with E-state index < -0.39 is 12.1 Å². The van der Waals surface area contributed by atoms with E-state index in [0.717, 1.165) is 4.88 Å². The van der Waals surface area contributed by atoms with Gasteiger partial charge in [0, 0.05) is 19.4 Å². The van der Waals surface area contributed by atoms with Crippen molar-refractivity contribution in [2.75, 3.05) is 19.7 Å². The van der Waals surface area contributed by atoms with Gasteiger partial charge in [0.1, 0.15) is 0 Å². The second-order valence-electron chi connectivity index (χ2n) is 5.03. The molecule has 23 heavy (non-hydrogen) atoms. The Balaban J connectivity index is 1.54. The van der Waals surface area contributed by atoms with Crippen molar-refractivity contribution < 1.29 is 24.0 Å². The van der Waals surface area contributed by atoms with E-state index in [1.54, 1.807) is 0 Å². The molecule has 3 rings (SSSR count). The Morgan fingerprint density at radius 2 is 2.35 bits per heavy atom. The maximum Gasteiger partial charge on any atom is 0.334 e. The Kier molecular flexibility index (Phi) is 4.68. The fourth-order valence-electron chi connectivity index (χ4n) is 2.26. The molecule has 0 saturated carbocycles. The molecule has 0 radical (unpaired) electrons. The summed E-state index contributed by atoms with van der Waals surface area (Å²) in [7, 11) is 0. The fraction of sp³-hybridized carbons (Fsp3) is 0.429. The van der Waals surface area contributed by atoms with Gasteiger partial charge in [0.15, 0.2) is 6.10 Å². The van der Waals surface area contributed by atoms with Gasteiger partial charge in [-0.2, -0.15) is 4.98 Å². The molecule has 0 bridgehead atoms. The standard InChI is InChI=1S/C14H15N3O5S/c18-12(17-5-6-21-9(8-17)14(19)20)4-3-11-15-13(16-22-11)10-2-1-7-23-10/h1-2,7,9H,3-6,8H2,(H,19,20)/t9-/m1/s1. The predicted molar refractivity (Wildman–Crippen MR) is 79.9 cm³/mol. The Morgan fingerprint density at radius 3 is 3.09 bits per heavy atom. The van der Waals surface area contributed by atoms with E-state index in [1.807, 2.05) is 17.5 Å². The van der Waals surface area contributed by atoms with Gasteiger partial charge in [-0.25, -0.2) is 4.79 Å². The summed E-state index contributed by atoms with van der Waals surface area (Å²) in [6.07, 6.45) is -0.438. The van der Waals surface area contributed by atoms with E-state index in [0.29, 0.717) is 24.7 Å². The zero-order valence-corrected chi connectivity index (χ0v) is 13.0. The molecule has 0 aliphatic carbocycles. The van der Waals surface area contributed by atoms with Crippen LogP contribution in [0.25, 0.3) is 10.7 Å². The largest absolute Gasteiger partial charge is 0.479 e. The molecule has 0 unspecified atom stereocenters. The highest BCUT2D eigenvalue weighted by atomic mass is 32.1. The second kappa shape index (κ2) is 6.88. The van der Waals surface area contributed by atoms with Crippen LogP contribution in [0, 0.1) is 0 Å². The lowest BCUT2D eigenvalue weighted by Gasteiger charge is -2.30. The van der Waals surface area contributed by atoms with Crippen molar-refractivity contribution in [2.45, 2.75) is 18.9 Å². The van der Waals surface area contributed by atoms with E-state index >= 15 is 0 Å². The molecule has 3 heterocycles. The Bertz CT molecular complexity index is 684. The molecule has 1 fully saturated rings. The number of thiophene rings is 1. The number of aryl methyl sites for hydroxylation is 1. The summed E-state index contributed by atoms with van der Waals surface area (Å²) in [5.41, 5.74) is 0. The van der Waals surface area contributed by atoms with Crippen LogP contribution < -0.4 is 0 Å². The lowest BCUT2D eigenvalue weighted by molar-refractivity contribution is -0.159. The van der Waals surface area contributed by atoms with Crippen LogP contribution in [0.5, 0.6) is 0 Å². The average molecular weight is 337 g/mol. The van der Waals surface area contributed by atoms with Gasteiger partial charge in [-0.05, 0) is 11.4 Å². The molecule has 1 saturated heterocycles. The number of carbonyl (C=O) groups excluding carboxylic acids is 1. The third-order valence-corrected chi connectivity index (χ3v) is 4.32. The molecule has 9 heteroatoms. The lowest BCUT2D eigenvalue weighted by Crippen LogP contribution is -2.48. The number of amides is 1. The molecule has 8 nitrogen and oxygen atoms in total. The highest BCUT2D eigenvalue weighted by Gasteiger charge is 2.28. The summed E-state index contributed by atoms with van der Waals surface area (Å²) in [5, 5.41) is 14.8. The van der Waals surface area contributed by atoms with Gasteiger partial charge in [0.2, 0.25) is 17.6 Å². The van der Waals surface area contributed by atoms with E-state index in [-0.39, 0.29) is 25.5 Å². The number of carboxylic acid groups (broad SMARTS) is 1. The quantitative estimate of drug-likeness (QED) is 0.869. The number of morpholine rings is 1. The van der Waals surface area contributed by atoms with Crippen LogP contribution in [0.1, 0.15) is 12.3 Å². The first-order valence-electron chi connectivity index (χ1n) is 7.12. The smallest absolute Gasteiger partial charge is 0.334 e. The van der Waals surface area contributed by atoms with Crippen LogP contribution in [0.3, 0.4) is 0 Å². The molecule has 1 amide bonds. The van der Waals surface area contributed by atoms with Crippen molar-refractivity contribution in [3.63, 3.8) is 0 Å². The monoisotopic (exact) mass is 337 g/mol. The van der Waals surface area contributed by atoms with Crippen molar-refractivity contribution in [1.29, 1.82) is 0 Å². The molecule has 1 aliphatic rings. The number of nitrogens with zero attached hydrogens (tertiary/aromatic N) is 3. The van der Waals surface area contributed by atoms with Crippen molar-refractivity contribution in [1.82, 2.24) is 15.0 Å². The first-order valence-corrected chi connectivity index (χ1v) is 8.00. The van der Waals surface area contributed by atoms with Gasteiger partial charge in [0.25, 0.3) is 0 Å². The summed E-state index contributed by atoms with van der Waals surface area (Å²) in [6.45, 7) is 0.692. The summed E-state index contributed by atoms with van der Waals surface area (Å²) in [4.78, 5) is 29.7. The number of carbonyl (C=O) groups is 2. The zero-order chi connectivity index (χ0) is 16.2. The van der Waals surface area contributed by atoms with E-state index in [1.165, 1.54) is 16.2 Å². The van der Waals surface area contributed by atoms with Gasteiger partial charge < -0.3 is 19.3 Å². The third kappa shape index (κ3) is 3.74. The van der Waals surface area contributed by atoms with E-state index in [9.17, 15) is 9.59 Å². The minimum Gasteiger partial charge on any atom is -0.479 e. The minimum atomic E-state index is -1.06. The molecular weight excluding hydrogens is 322 g/mol. The second-order valence-corrected chi connectivity index (χ2v) is 5.97. The first kappa shape index (κ1) is 15.6. The van der Waals surface area contributed by atoms with Gasteiger partial charge >= 0.3 is 5.97 Å². The lowest BCUT2D eigenvalue weighted by atomic mass is 10.2. The van der Waals surface area contributed by atoms with Gasteiger partial charge in [-0.3, -0.25) is 4.79 Å².